The lowest BCUT2D eigenvalue weighted by Crippen LogP contribution is -2.35. The average Bonchev–Trinajstić information content (AvgIpc) is 3.07. The van der Waals surface area contributed by atoms with E-state index in [0.29, 0.717) is 22.2 Å². The maximum atomic E-state index is 13.0. The van der Waals surface area contributed by atoms with E-state index in [1.165, 1.54) is 4.57 Å². The van der Waals surface area contributed by atoms with E-state index in [1.54, 1.807) is 12.2 Å². The van der Waals surface area contributed by atoms with Crippen LogP contribution in [-0.4, -0.2) is 17.0 Å². The zero-order chi connectivity index (χ0) is 22.2. The van der Waals surface area contributed by atoms with Crippen LogP contribution in [0.4, 0.5) is 0 Å². The van der Waals surface area contributed by atoms with Gasteiger partial charge in [-0.2, -0.15) is 5.26 Å². The Hall–Kier alpha value is -3.21. The highest BCUT2D eigenvalue weighted by molar-refractivity contribution is 9.10. The number of carbonyl (C=O) groups excluding carboxylic acids is 1. The summed E-state index contributed by atoms with van der Waals surface area (Å²) >= 11 is 4.60. The van der Waals surface area contributed by atoms with Gasteiger partial charge < -0.3 is 5.32 Å². The molecule has 3 aromatic rings. The fourth-order valence-electron chi connectivity index (χ4n) is 2.98. The number of carbonyl (C=O) groups is 1. The first kappa shape index (κ1) is 22.5. The maximum absolute atomic E-state index is 13.0. The van der Waals surface area contributed by atoms with Crippen LogP contribution in [-0.2, 0) is 17.8 Å². The highest BCUT2D eigenvalue weighted by Crippen LogP contribution is 2.16. The van der Waals surface area contributed by atoms with Crippen molar-refractivity contribution in [2.45, 2.75) is 13.0 Å². The Bertz CT molecular complexity index is 1320. The normalized spacial score (nSPS) is 12.2. The van der Waals surface area contributed by atoms with Crippen molar-refractivity contribution in [3.63, 3.8) is 0 Å². The lowest BCUT2D eigenvalue weighted by molar-refractivity contribution is -0.115. The smallest absolute Gasteiger partial charge is 0.269 e. The zero-order valence-electron chi connectivity index (χ0n) is 16.7. The Morgan fingerprint density at radius 1 is 1.19 bits per heavy atom. The van der Waals surface area contributed by atoms with Crippen LogP contribution in [0.15, 0.2) is 76.5 Å². The third-order valence-corrected chi connectivity index (χ3v) is 6.36. The lowest BCUT2D eigenvalue weighted by atomic mass is 10.1. The number of nitriles is 1. The molecular weight excluding hydrogens is 474 g/mol. The van der Waals surface area contributed by atoms with Crippen molar-refractivity contribution in [3.8, 4) is 6.07 Å². The molecule has 0 radical (unpaired) electrons. The molecule has 1 N–H and O–H groups in total. The molecule has 0 spiro atoms. The second kappa shape index (κ2) is 10.7. The van der Waals surface area contributed by atoms with Gasteiger partial charge in [-0.1, -0.05) is 70.5 Å². The van der Waals surface area contributed by atoms with Crippen LogP contribution < -0.4 is 20.1 Å². The minimum Gasteiger partial charge on any atom is -0.351 e. The molecule has 1 aromatic heterocycles. The SMILES string of the molecule is C=CCn1c(=C(C#N)C(=O)NCCc2ccccc2)sc(=Cc2ccccc2Br)c1=O. The van der Waals surface area contributed by atoms with Crippen LogP contribution in [0.25, 0.3) is 11.6 Å². The second-order valence-corrected chi connectivity index (χ2v) is 8.51. The number of hydrogen-bond donors (Lipinski definition) is 1. The van der Waals surface area contributed by atoms with E-state index >= 15 is 0 Å². The van der Waals surface area contributed by atoms with Crippen molar-refractivity contribution in [1.82, 2.24) is 9.88 Å². The molecule has 7 heteroatoms. The number of benzene rings is 2. The molecule has 5 nitrogen and oxygen atoms in total. The molecule has 2 aromatic carbocycles. The van der Waals surface area contributed by atoms with Gasteiger partial charge in [0, 0.05) is 17.6 Å². The van der Waals surface area contributed by atoms with Gasteiger partial charge in [-0.15, -0.1) is 17.9 Å². The molecule has 31 heavy (non-hydrogen) atoms. The van der Waals surface area contributed by atoms with Crippen molar-refractivity contribution in [1.29, 1.82) is 5.26 Å². The number of thiazole rings is 1. The van der Waals surface area contributed by atoms with E-state index in [4.69, 9.17) is 0 Å². The van der Waals surface area contributed by atoms with Crippen LogP contribution in [0.1, 0.15) is 11.1 Å². The standard InChI is InChI=1S/C24H20BrN3O2S/c1-2-14-28-23(30)21(15-18-10-6-7-11-20(18)25)31-24(28)19(16-26)22(29)27-13-12-17-8-4-3-5-9-17/h2-11,15H,1,12-14H2,(H,27,29). The Kier molecular flexibility index (Phi) is 7.76. The van der Waals surface area contributed by atoms with Crippen LogP contribution in [0, 0.1) is 11.3 Å². The summed E-state index contributed by atoms with van der Waals surface area (Å²) in [5.74, 6) is -0.495. The van der Waals surface area contributed by atoms with Crippen LogP contribution in [0.3, 0.4) is 0 Å². The molecule has 1 amide bonds. The first-order valence-electron chi connectivity index (χ1n) is 9.58. The fourth-order valence-corrected chi connectivity index (χ4v) is 4.48. The van der Waals surface area contributed by atoms with Crippen molar-refractivity contribution in [3.05, 3.63) is 102 Å². The van der Waals surface area contributed by atoms with E-state index in [1.807, 2.05) is 60.7 Å². The molecule has 0 saturated heterocycles. The Balaban J connectivity index is 2.00. The summed E-state index contributed by atoms with van der Waals surface area (Å²) in [7, 11) is 0. The van der Waals surface area contributed by atoms with Gasteiger partial charge in [0.1, 0.15) is 10.7 Å². The predicted octanol–water partition coefficient (Wildman–Crippen LogP) is 2.72. The first-order chi connectivity index (χ1) is 15.0. The van der Waals surface area contributed by atoms with Gasteiger partial charge in [0.25, 0.3) is 11.5 Å². The molecule has 0 saturated carbocycles. The molecule has 0 aliphatic heterocycles. The number of hydrogen-bond acceptors (Lipinski definition) is 4. The van der Waals surface area contributed by atoms with Gasteiger partial charge >= 0.3 is 0 Å². The van der Waals surface area contributed by atoms with E-state index < -0.39 is 5.91 Å². The van der Waals surface area contributed by atoms with Crippen LogP contribution in [0.2, 0.25) is 0 Å². The molecule has 0 unspecified atom stereocenters. The number of aromatic nitrogens is 1. The molecule has 0 atom stereocenters. The number of rotatable bonds is 7. The summed E-state index contributed by atoms with van der Waals surface area (Å²) in [6, 6.07) is 19.3. The topological polar surface area (TPSA) is 74.9 Å². The molecule has 1 heterocycles. The fraction of sp³-hybridized carbons (Fsp3) is 0.125. The highest BCUT2D eigenvalue weighted by Gasteiger charge is 2.15. The minimum absolute atomic E-state index is 0.0798. The molecule has 0 aliphatic rings. The van der Waals surface area contributed by atoms with Crippen LogP contribution in [0.5, 0.6) is 0 Å². The van der Waals surface area contributed by atoms with Crippen molar-refractivity contribution in [2.75, 3.05) is 6.54 Å². The van der Waals surface area contributed by atoms with Gasteiger partial charge in [0.05, 0.1) is 4.53 Å². The van der Waals surface area contributed by atoms with Gasteiger partial charge in [0.15, 0.2) is 5.57 Å². The molecule has 0 bridgehead atoms. The maximum Gasteiger partial charge on any atom is 0.269 e. The highest BCUT2D eigenvalue weighted by atomic mass is 79.9. The van der Waals surface area contributed by atoms with Crippen LogP contribution >= 0.6 is 27.3 Å². The Morgan fingerprint density at radius 2 is 1.90 bits per heavy atom. The third kappa shape index (κ3) is 5.48. The number of nitrogens with zero attached hydrogens (tertiary/aromatic N) is 2. The minimum atomic E-state index is -0.495. The number of nitrogens with one attached hydrogen (secondary N) is 1. The third-order valence-electron chi connectivity index (χ3n) is 4.51. The summed E-state index contributed by atoms with van der Waals surface area (Å²) in [6.07, 6.45) is 3.97. The zero-order valence-corrected chi connectivity index (χ0v) is 19.1. The second-order valence-electron chi connectivity index (χ2n) is 6.62. The predicted molar refractivity (Wildman–Crippen MR) is 128 cm³/mol. The average molecular weight is 494 g/mol. The Morgan fingerprint density at radius 3 is 2.58 bits per heavy atom. The van der Waals surface area contributed by atoms with Crippen molar-refractivity contribution >= 4 is 44.8 Å². The van der Waals surface area contributed by atoms with Gasteiger partial charge in [-0.3, -0.25) is 14.2 Å². The number of allylic oxidation sites excluding steroid dienone is 1. The summed E-state index contributed by atoms with van der Waals surface area (Å²) in [6.45, 7) is 4.29. The summed E-state index contributed by atoms with van der Waals surface area (Å²) in [5.41, 5.74) is 1.58. The van der Waals surface area contributed by atoms with Gasteiger partial charge in [-0.05, 0) is 29.7 Å². The van der Waals surface area contributed by atoms with E-state index in [0.717, 1.165) is 26.9 Å². The van der Waals surface area contributed by atoms with Crippen molar-refractivity contribution in [2.24, 2.45) is 0 Å². The quantitative estimate of drug-likeness (QED) is 0.514. The molecule has 3 rings (SSSR count). The van der Waals surface area contributed by atoms with Gasteiger partial charge in [0.2, 0.25) is 0 Å². The lowest BCUT2D eigenvalue weighted by Gasteiger charge is -2.05. The molecule has 0 aliphatic carbocycles. The number of halogens is 1. The summed E-state index contributed by atoms with van der Waals surface area (Å²) < 4.78 is 3.02. The molecule has 0 fully saturated rings. The van der Waals surface area contributed by atoms with E-state index in [-0.39, 0.29) is 17.7 Å². The Labute approximate surface area is 192 Å². The molecule has 156 valence electrons. The first-order valence-corrected chi connectivity index (χ1v) is 11.2. The summed E-state index contributed by atoms with van der Waals surface area (Å²) in [4.78, 5) is 25.7. The summed E-state index contributed by atoms with van der Waals surface area (Å²) in [5, 5.41) is 12.5. The van der Waals surface area contributed by atoms with Crippen molar-refractivity contribution < 1.29 is 4.79 Å². The molecular formula is C24H20BrN3O2S. The monoisotopic (exact) mass is 493 g/mol. The largest absolute Gasteiger partial charge is 0.351 e. The number of amides is 1. The van der Waals surface area contributed by atoms with Gasteiger partial charge in [-0.25, -0.2) is 0 Å². The van der Waals surface area contributed by atoms with E-state index in [2.05, 4.69) is 27.8 Å². The van der Waals surface area contributed by atoms with E-state index in [9.17, 15) is 14.9 Å².